The number of pyridine rings is 1. The van der Waals surface area contributed by atoms with Crippen LogP contribution in [0, 0.1) is 5.92 Å². The van der Waals surface area contributed by atoms with E-state index in [-0.39, 0.29) is 11.9 Å². The molecule has 1 unspecified atom stereocenters. The highest BCUT2D eigenvalue weighted by Gasteiger charge is 2.33. The summed E-state index contributed by atoms with van der Waals surface area (Å²) in [6.45, 7) is 2.13. The van der Waals surface area contributed by atoms with E-state index in [1.165, 1.54) is 12.8 Å². The van der Waals surface area contributed by atoms with E-state index >= 15 is 0 Å². The summed E-state index contributed by atoms with van der Waals surface area (Å²) in [5, 5.41) is 0.872. The lowest BCUT2D eigenvalue weighted by atomic mass is 10.0. The van der Waals surface area contributed by atoms with Gasteiger partial charge in [-0.3, -0.25) is 4.79 Å². The minimum Gasteiger partial charge on any atom is -0.493 e. The Hall–Kier alpha value is -3.08. The molecule has 2 aromatic carbocycles. The van der Waals surface area contributed by atoms with Gasteiger partial charge in [-0.25, -0.2) is 4.98 Å². The highest BCUT2D eigenvalue weighted by molar-refractivity contribution is 6.07. The maximum Gasteiger partial charge on any atom is 0.254 e. The number of para-hydroxylation sites is 1. The number of hydrogen-bond donors (Lipinski definition) is 0. The van der Waals surface area contributed by atoms with Crippen LogP contribution >= 0.6 is 0 Å². The number of aromatic nitrogens is 1. The number of benzene rings is 2. The number of carbonyl (C=O) groups excluding carboxylic acids is 1. The van der Waals surface area contributed by atoms with Crippen molar-refractivity contribution in [2.45, 2.75) is 25.8 Å². The summed E-state index contributed by atoms with van der Waals surface area (Å²) in [4.78, 5) is 20.1. The molecule has 5 heteroatoms. The van der Waals surface area contributed by atoms with Gasteiger partial charge in [-0.1, -0.05) is 18.2 Å². The standard InChI is InChI=1S/C24H26N2O3/c1-15(16-9-10-16)26(2)24(27)19-14-21(25-20-8-6-5-7-18(19)20)17-11-12-22(28-3)23(13-17)29-4/h5-8,11-16H,9-10H2,1-4H3. The predicted molar refractivity (Wildman–Crippen MR) is 115 cm³/mol. The highest BCUT2D eigenvalue weighted by atomic mass is 16.5. The molecule has 1 fully saturated rings. The van der Waals surface area contributed by atoms with Crippen molar-refractivity contribution < 1.29 is 14.3 Å². The Labute approximate surface area is 171 Å². The van der Waals surface area contributed by atoms with Gasteiger partial charge in [0.15, 0.2) is 11.5 Å². The van der Waals surface area contributed by atoms with Crippen LogP contribution in [-0.2, 0) is 0 Å². The molecule has 0 saturated heterocycles. The molecule has 1 aromatic heterocycles. The second-order valence-corrected chi connectivity index (χ2v) is 7.64. The van der Waals surface area contributed by atoms with Gasteiger partial charge in [-0.2, -0.15) is 0 Å². The summed E-state index contributed by atoms with van der Waals surface area (Å²) in [6, 6.07) is 15.6. The Kier molecular flexibility index (Phi) is 5.14. The number of hydrogen-bond acceptors (Lipinski definition) is 4. The summed E-state index contributed by atoms with van der Waals surface area (Å²) in [5.74, 6) is 1.94. The van der Waals surface area contributed by atoms with Crippen LogP contribution < -0.4 is 9.47 Å². The summed E-state index contributed by atoms with van der Waals surface area (Å²) >= 11 is 0. The van der Waals surface area contributed by atoms with E-state index in [2.05, 4.69) is 6.92 Å². The Morgan fingerprint density at radius 1 is 1.07 bits per heavy atom. The minimum absolute atomic E-state index is 0.0322. The van der Waals surface area contributed by atoms with Crippen LogP contribution in [0.5, 0.6) is 11.5 Å². The van der Waals surface area contributed by atoms with Gasteiger partial charge in [-0.05, 0) is 56.0 Å². The van der Waals surface area contributed by atoms with Crippen LogP contribution in [-0.4, -0.2) is 43.1 Å². The molecular formula is C24H26N2O3. The normalized spacial score (nSPS) is 14.5. The molecule has 0 radical (unpaired) electrons. The number of amides is 1. The molecule has 1 heterocycles. The van der Waals surface area contributed by atoms with Gasteiger partial charge in [0.25, 0.3) is 5.91 Å². The minimum atomic E-state index is 0.0322. The van der Waals surface area contributed by atoms with E-state index in [0.29, 0.717) is 23.0 Å². The predicted octanol–water partition coefficient (Wildman–Crippen LogP) is 4.79. The molecule has 0 bridgehead atoms. The summed E-state index contributed by atoms with van der Waals surface area (Å²) in [5.41, 5.74) is 3.09. The first kappa shape index (κ1) is 19.2. The van der Waals surface area contributed by atoms with E-state index < -0.39 is 0 Å². The first-order chi connectivity index (χ1) is 14.0. The van der Waals surface area contributed by atoms with Gasteiger partial charge < -0.3 is 14.4 Å². The van der Waals surface area contributed by atoms with Crippen LogP contribution in [0.4, 0.5) is 0 Å². The lowest BCUT2D eigenvalue weighted by Crippen LogP contribution is -2.36. The molecule has 29 heavy (non-hydrogen) atoms. The van der Waals surface area contributed by atoms with E-state index in [1.807, 2.05) is 60.5 Å². The molecule has 4 rings (SSSR count). The lowest BCUT2D eigenvalue weighted by molar-refractivity contribution is 0.0729. The third kappa shape index (κ3) is 3.65. The van der Waals surface area contributed by atoms with E-state index in [0.717, 1.165) is 22.2 Å². The smallest absolute Gasteiger partial charge is 0.254 e. The number of methoxy groups -OCH3 is 2. The van der Waals surface area contributed by atoms with Crippen molar-refractivity contribution in [2.24, 2.45) is 5.92 Å². The maximum absolute atomic E-state index is 13.4. The fourth-order valence-corrected chi connectivity index (χ4v) is 3.77. The van der Waals surface area contributed by atoms with Crippen molar-refractivity contribution in [1.29, 1.82) is 0 Å². The number of ether oxygens (including phenoxy) is 2. The van der Waals surface area contributed by atoms with Crippen molar-refractivity contribution in [1.82, 2.24) is 9.88 Å². The number of rotatable bonds is 6. The zero-order chi connectivity index (χ0) is 20.5. The van der Waals surface area contributed by atoms with Gasteiger partial charge in [0, 0.05) is 24.0 Å². The van der Waals surface area contributed by atoms with Crippen LogP contribution in [0.2, 0.25) is 0 Å². The third-order valence-electron chi connectivity index (χ3n) is 5.86. The van der Waals surface area contributed by atoms with Gasteiger partial charge in [0.05, 0.1) is 31.0 Å². The van der Waals surface area contributed by atoms with Gasteiger partial charge in [-0.15, -0.1) is 0 Å². The van der Waals surface area contributed by atoms with Crippen molar-refractivity contribution in [2.75, 3.05) is 21.3 Å². The third-order valence-corrected chi connectivity index (χ3v) is 5.86. The average Bonchev–Trinajstić information content (AvgIpc) is 3.61. The summed E-state index contributed by atoms with van der Waals surface area (Å²) in [6.07, 6.45) is 2.40. The zero-order valence-corrected chi connectivity index (χ0v) is 17.3. The van der Waals surface area contributed by atoms with Crippen molar-refractivity contribution in [3.8, 4) is 22.8 Å². The fourth-order valence-electron chi connectivity index (χ4n) is 3.77. The largest absolute Gasteiger partial charge is 0.493 e. The lowest BCUT2D eigenvalue weighted by Gasteiger charge is -2.25. The van der Waals surface area contributed by atoms with Crippen LogP contribution in [0.15, 0.2) is 48.5 Å². The van der Waals surface area contributed by atoms with Crippen molar-refractivity contribution >= 4 is 16.8 Å². The van der Waals surface area contributed by atoms with Crippen LogP contribution in [0.3, 0.4) is 0 Å². The SMILES string of the molecule is COc1ccc(-c2cc(C(=O)N(C)C(C)C3CC3)c3ccccc3n2)cc1OC. The van der Waals surface area contributed by atoms with E-state index in [4.69, 9.17) is 14.5 Å². The second-order valence-electron chi connectivity index (χ2n) is 7.64. The topological polar surface area (TPSA) is 51.7 Å². The van der Waals surface area contributed by atoms with Crippen LogP contribution in [0.25, 0.3) is 22.2 Å². The maximum atomic E-state index is 13.4. The molecule has 1 saturated carbocycles. The number of nitrogens with zero attached hydrogens (tertiary/aromatic N) is 2. The molecule has 1 aliphatic rings. The number of fused-ring (bicyclic) bond motifs is 1. The fraction of sp³-hybridized carbons (Fsp3) is 0.333. The molecule has 5 nitrogen and oxygen atoms in total. The molecular weight excluding hydrogens is 364 g/mol. The molecule has 3 aromatic rings. The van der Waals surface area contributed by atoms with Gasteiger partial charge in [0.1, 0.15) is 0 Å². The monoisotopic (exact) mass is 390 g/mol. The van der Waals surface area contributed by atoms with Crippen molar-refractivity contribution in [3.05, 3.63) is 54.1 Å². The Morgan fingerprint density at radius 3 is 2.48 bits per heavy atom. The van der Waals surface area contributed by atoms with Crippen molar-refractivity contribution in [3.63, 3.8) is 0 Å². The second kappa shape index (κ2) is 7.74. The molecule has 1 aliphatic carbocycles. The van der Waals surface area contributed by atoms with Crippen LogP contribution in [0.1, 0.15) is 30.1 Å². The Bertz CT molecular complexity index is 1060. The van der Waals surface area contributed by atoms with Gasteiger partial charge in [0.2, 0.25) is 0 Å². The Morgan fingerprint density at radius 2 is 1.79 bits per heavy atom. The molecule has 1 atom stereocenters. The molecule has 1 amide bonds. The first-order valence-electron chi connectivity index (χ1n) is 9.93. The van der Waals surface area contributed by atoms with E-state index in [9.17, 15) is 4.79 Å². The molecule has 0 spiro atoms. The highest BCUT2D eigenvalue weighted by Crippen LogP contribution is 2.36. The Balaban J connectivity index is 1.82. The number of carbonyl (C=O) groups is 1. The summed E-state index contributed by atoms with van der Waals surface area (Å²) < 4.78 is 10.8. The molecule has 0 aliphatic heterocycles. The van der Waals surface area contributed by atoms with E-state index in [1.54, 1.807) is 14.2 Å². The molecule has 0 N–H and O–H groups in total. The van der Waals surface area contributed by atoms with Gasteiger partial charge >= 0.3 is 0 Å². The first-order valence-corrected chi connectivity index (χ1v) is 9.93. The molecule has 150 valence electrons. The quantitative estimate of drug-likeness (QED) is 0.607. The summed E-state index contributed by atoms with van der Waals surface area (Å²) in [7, 11) is 5.12. The average molecular weight is 390 g/mol. The zero-order valence-electron chi connectivity index (χ0n) is 17.3.